The third-order valence-electron chi connectivity index (χ3n) is 4.09. The van der Waals surface area contributed by atoms with Crippen LogP contribution in [0.2, 0.25) is 0 Å². The van der Waals surface area contributed by atoms with Crippen LogP contribution in [-0.2, 0) is 11.3 Å². The van der Waals surface area contributed by atoms with Crippen LogP contribution < -0.4 is 10.2 Å². The van der Waals surface area contributed by atoms with Gasteiger partial charge in [0.1, 0.15) is 5.69 Å². The molecule has 0 radical (unpaired) electrons. The smallest absolute Gasteiger partial charge is 0.352 e. The lowest BCUT2D eigenvalue weighted by atomic mass is 10.1. The lowest BCUT2D eigenvalue weighted by Gasteiger charge is -2.17. The highest BCUT2D eigenvalue weighted by Gasteiger charge is 2.19. The number of amides is 1. The van der Waals surface area contributed by atoms with Crippen molar-refractivity contribution < 1.29 is 14.7 Å². The van der Waals surface area contributed by atoms with Crippen LogP contribution in [0.5, 0.6) is 0 Å². The number of rotatable bonds is 4. The summed E-state index contributed by atoms with van der Waals surface area (Å²) < 4.78 is 0. The van der Waals surface area contributed by atoms with Crippen molar-refractivity contribution in [3.63, 3.8) is 0 Å². The Labute approximate surface area is 128 Å². The van der Waals surface area contributed by atoms with Crippen molar-refractivity contribution in [2.45, 2.75) is 26.3 Å². The number of aromatic nitrogens is 1. The first-order valence-corrected chi connectivity index (χ1v) is 7.43. The molecule has 0 saturated carbocycles. The van der Waals surface area contributed by atoms with Gasteiger partial charge in [0.25, 0.3) is 0 Å². The van der Waals surface area contributed by atoms with Gasteiger partial charge in [0.2, 0.25) is 5.91 Å². The van der Waals surface area contributed by atoms with E-state index >= 15 is 0 Å². The zero-order chi connectivity index (χ0) is 15.7. The zero-order valence-electron chi connectivity index (χ0n) is 12.5. The molecule has 0 aliphatic carbocycles. The maximum atomic E-state index is 11.4. The van der Waals surface area contributed by atoms with Crippen LogP contribution in [-0.4, -0.2) is 35.1 Å². The Morgan fingerprint density at radius 3 is 2.68 bits per heavy atom. The van der Waals surface area contributed by atoms with Crippen molar-refractivity contribution in [1.82, 2.24) is 10.3 Å². The Balaban J connectivity index is 2.05. The predicted octanol–water partition coefficient (Wildman–Crippen LogP) is 2.10. The van der Waals surface area contributed by atoms with Gasteiger partial charge in [0.05, 0.1) is 0 Å². The fourth-order valence-electron chi connectivity index (χ4n) is 2.99. The Bertz CT molecular complexity index is 730. The minimum atomic E-state index is -1.01. The molecule has 116 valence electrons. The quantitative estimate of drug-likeness (QED) is 0.807. The molecule has 2 aromatic rings. The number of fused-ring (bicyclic) bond motifs is 1. The zero-order valence-corrected chi connectivity index (χ0v) is 12.5. The number of hydrogen-bond donors (Lipinski definition) is 3. The number of aromatic amines is 1. The Hall–Kier alpha value is -2.50. The first-order valence-electron chi connectivity index (χ1n) is 7.43. The van der Waals surface area contributed by atoms with Gasteiger partial charge in [-0.3, -0.25) is 4.79 Å². The number of carboxylic acid groups (broad SMARTS) is 1. The molecule has 0 spiro atoms. The number of hydrogen-bond acceptors (Lipinski definition) is 3. The molecule has 3 rings (SSSR count). The number of carbonyl (C=O) groups is 2. The van der Waals surface area contributed by atoms with Gasteiger partial charge in [-0.15, -0.1) is 0 Å². The van der Waals surface area contributed by atoms with E-state index in [1.165, 1.54) is 19.8 Å². The maximum absolute atomic E-state index is 11.4. The monoisotopic (exact) mass is 301 g/mol. The summed E-state index contributed by atoms with van der Waals surface area (Å²) in [5.74, 6) is -1.19. The molecule has 0 atom stereocenters. The molecule has 6 nitrogen and oxygen atoms in total. The van der Waals surface area contributed by atoms with Crippen LogP contribution >= 0.6 is 0 Å². The highest BCUT2D eigenvalue weighted by Crippen LogP contribution is 2.29. The topological polar surface area (TPSA) is 85.4 Å². The van der Waals surface area contributed by atoms with E-state index in [1.807, 2.05) is 18.2 Å². The molecule has 1 aliphatic heterocycles. The second kappa shape index (κ2) is 5.71. The third-order valence-corrected chi connectivity index (χ3v) is 4.09. The number of anilines is 1. The second-order valence-electron chi connectivity index (χ2n) is 5.62. The maximum Gasteiger partial charge on any atom is 0.352 e. The molecule has 3 N–H and O–H groups in total. The highest BCUT2D eigenvalue weighted by molar-refractivity contribution is 5.98. The summed E-state index contributed by atoms with van der Waals surface area (Å²) in [4.78, 5) is 27.8. The van der Waals surface area contributed by atoms with E-state index in [0.717, 1.165) is 29.7 Å². The molecule has 1 aromatic carbocycles. The summed E-state index contributed by atoms with van der Waals surface area (Å²) in [7, 11) is 0. The minimum Gasteiger partial charge on any atom is -0.477 e. The summed E-state index contributed by atoms with van der Waals surface area (Å²) >= 11 is 0. The van der Waals surface area contributed by atoms with Crippen LogP contribution in [0.15, 0.2) is 18.2 Å². The molecule has 1 aliphatic rings. The number of carboxylic acids is 1. The molecule has 1 aromatic heterocycles. The average molecular weight is 301 g/mol. The number of nitrogens with one attached hydrogen (secondary N) is 2. The molecule has 1 amide bonds. The lowest BCUT2D eigenvalue weighted by molar-refractivity contribution is -0.119. The van der Waals surface area contributed by atoms with Gasteiger partial charge in [-0.1, -0.05) is 0 Å². The molecule has 1 fully saturated rings. The van der Waals surface area contributed by atoms with E-state index < -0.39 is 5.97 Å². The lowest BCUT2D eigenvalue weighted by Crippen LogP contribution is -2.20. The van der Waals surface area contributed by atoms with E-state index in [2.05, 4.69) is 15.2 Å². The number of aromatic carboxylic acids is 1. The Morgan fingerprint density at radius 1 is 1.32 bits per heavy atom. The van der Waals surface area contributed by atoms with E-state index in [1.54, 1.807) is 0 Å². The van der Waals surface area contributed by atoms with Crippen molar-refractivity contribution in [2.24, 2.45) is 0 Å². The second-order valence-corrected chi connectivity index (χ2v) is 5.62. The number of nitrogens with zero attached hydrogens (tertiary/aromatic N) is 1. The Kier molecular flexibility index (Phi) is 3.75. The SMILES string of the molecule is CC(=O)NCc1c(C(=O)O)[nH]c2ccc(N3CCCC3)cc12. The fourth-order valence-corrected chi connectivity index (χ4v) is 2.99. The molecular formula is C16H19N3O3. The van der Waals surface area contributed by atoms with Crippen LogP contribution in [0.4, 0.5) is 5.69 Å². The summed E-state index contributed by atoms with van der Waals surface area (Å²) in [5.41, 5.74) is 2.65. The van der Waals surface area contributed by atoms with Gasteiger partial charge < -0.3 is 20.3 Å². The molecule has 6 heteroatoms. The van der Waals surface area contributed by atoms with Crippen molar-refractivity contribution >= 4 is 28.5 Å². The van der Waals surface area contributed by atoms with E-state index in [0.29, 0.717) is 5.56 Å². The summed E-state index contributed by atoms with van der Waals surface area (Å²) in [6, 6.07) is 5.94. The van der Waals surface area contributed by atoms with Crippen LogP contribution in [0, 0.1) is 0 Å². The van der Waals surface area contributed by atoms with E-state index in [-0.39, 0.29) is 18.1 Å². The van der Waals surface area contributed by atoms with Gasteiger partial charge in [0, 0.05) is 48.7 Å². The largest absolute Gasteiger partial charge is 0.477 e. The van der Waals surface area contributed by atoms with Gasteiger partial charge >= 0.3 is 5.97 Å². The first-order chi connectivity index (χ1) is 10.6. The standard InChI is InChI=1S/C16H19N3O3/c1-10(20)17-9-13-12-8-11(19-6-2-3-7-19)4-5-14(12)18-15(13)16(21)22/h4-5,8,18H,2-3,6-7,9H2,1H3,(H,17,20)(H,21,22). The number of H-pyrrole nitrogens is 1. The predicted molar refractivity (Wildman–Crippen MR) is 84.2 cm³/mol. The number of benzene rings is 1. The van der Waals surface area contributed by atoms with Crippen molar-refractivity contribution in [3.8, 4) is 0 Å². The van der Waals surface area contributed by atoms with Crippen molar-refractivity contribution in [2.75, 3.05) is 18.0 Å². The van der Waals surface area contributed by atoms with Gasteiger partial charge in [-0.2, -0.15) is 0 Å². The summed E-state index contributed by atoms with van der Waals surface area (Å²) in [6.45, 7) is 3.69. The first kappa shape index (κ1) is 14.4. The van der Waals surface area contributed by atoms with Gasteiger partial charge in [-0.25, -0.2) is 4.79 Å². The fraction of sp³-hybridized carbons (Fsp3) is 0.375. The van der Waals surface area contributed by atoms with E-state index in [4.69, 9.17) is 0 Å². The average Bonchev–Trinajstić information content (AvgIpc) is 3.12. The van der Waals surface area contributed by atoms with Crippen LogP contribution in [0.1, 0.15) is 35.8 Å². The summed E-state index contributed by atoms with van der Waals surface area (Å²) in [6.07, 6.45) is 2.37. The van der Waals surface area contributed by atoms with Crippen molar-refractivity contribution in [3.05, 3.63) is 29.5 Å². The number of carbonyl (C=O) groups excluding carboxylic acids is 1. The summed E-state index contributed by atoms with van der Waals surface area (Å²) in [5, 5.41) is 12.9. The van der Waals surface area contributed by atoms with Gasteiger partial charge in [-0.05, 0) is 31.0 Å². The molecular weight excluding hydrogens is 282 g/mol. The molecule has 22 heavy (non-hydrogen) atoms. The van der Waals surface area contributed by atoms with E-state index in [9.17, 15) is 14.7 Å². The molecule has 1 saturated heterocycles. The van der Waals surface area contributed by atoms with Crippen LogP contribution in [0.3, 0.4) is 0 Å². The third kappa shape index (κ3) is 2.64. The van der Waals surface area contributed by atoms with Crippen LogP contribution in [0.25, 0.3) is 10.9 Å². The van der Waals surface area contributed by atoms with Gasteiger partial charge in [0.15, 0.2) is 0 Å². The molecule has 0 bridgehead atoms. The van der Waals surface area contributed by atoms with Crippen molar-refractivity contribution in [1.29, 1.82) is 0 Å². The Morgan fingerprint density at radius 2 is 2.05 bits per heavy atom. The normalized spacial score (nSPS) is 14.5. The molecule has 0 unspecified atom stereocenters. The molecule has 2 heterocycles. The highest BCUT2D eigenvalue weighted by atomic mass is 16.4. The minimum absolute atomic E-state index is 0.141.